The van der Waals surface area contributed by atoms with Crippen LogP contribution in [0, 0.1) is 16.7 Å². The summed E-state index contributed by atoms with van der Waals surface area (Å²) >= 11 is 0. The number of hydrogen-bond acceptors (Lipinski definition) is 2. The summed E-state index contributed by atoms with van der Waals surface area (Å²) in [5.41, 5.74) is 1.02. The van der Waals surface area contributed by atoms with Gasteiger partial charge in [0.05, 0.1) is 0 Å². The van der Waals surface area contributed by atoms with E-state index in [-0.39, 0.29) is 11.7 Å². The molecule has 3 aliphatic rings. The van der Waals surface area contributed by atoms with Crippen LogP contribution in [0.1, 0.15) is 81.1 Å². The zero-order chi connectivity index (χ0) is 17.2. The van der Waals surface area contributed by atoms with Crippen molar-refractivity contribution in [2.75, 3.05) is 13.1 Å². The summed E-state index contributed by atoms with van der Waals surface area (Å²) in [6, 6.07) is 0. The molecule has 3 heteroatoms. The Morgan fingerprint density at radius 2 is 1.45 bits per heavy atom. The summed E-state index contributed by atoms with van der Waals surface area (Å²) in [6.07, 6.45) is 5.10. The molecule has 1 aliphatic heterocycles. The van der Waals surface area contributed by atoms with Crippen LogP contribution in [0.2, 0.25) is 0 Å². The molecule has 0 radical (unpaired) electrons. The van der Waals surface area contributed by atoms with Crippen LogP contribution < -0.4 is 0 Å². The molecule has 2 aliphatic carbocycles. The quantitative estimate of drug-likeness (QED) is 0.641. The van der Waals surface area contributed by atoms with Gasteiger partial charge in [0.15, 0.2) is 0 Å². The maximum Gasteiger partial charge on any atom is 0.410 e. The summed E-state index contributed by atoms with van der Waals surface area (Å²) in [5, 5.41) is 0. The predicted octanol–water partition coefficient (Wildman–Crippen LogP) is 5.49. The number of hydrogen-bond donors (Lipinski definition) is 0. The van der Waals surface area contributed by atoms with Gasteiger partial charge in [-0.1, -0.05) is 34.6 Å². The van der Waals surface area contributed by atoms with Crippen molar-refractivity contribution >= 4 is 6.09 Å². The molecule has 130 valence electrons. The average Bonchev–Trinajstić information content (AvgIpc) is 3.27. The van der Waals surface area contributed by atoms with E-state index in [9.17, 15) is 4.79 Å². The summed E-state index contributed by atoms with van der Waals surface area (Å²) in [4.78, 5) is 13.9. The minimum Gasteiger partial charge on any atom is -0.444 e. The van der Waals surface area contributed by atoms with Gasteiger partial charge in [-0.2, -0.15) is 0 Å². The highest BCUT2D eigenvalue weighted by Gasteiger charge is 2.81. The van der Waals surface area contributed by atoms with Gasteiger partial charge in [0, 0.05) is 13.1 Å². The molecule has 22 heavy (non-hydrogen) atoms. The molecule has 3 fully saturated rings. The lowest BCUT2D eigenvalue weighted by atomic mass is 9.87. The highest BCUT2D eigenvalue weighted by molar-refractivity contribution is 5.68. The van der Waals surface area contributed by atoms with Crippen LogP contribution >= 0.6 is 0 Å². The standard InChI is InChI=1S/C15H25NO2.2C2H6/c1-13(2,3)18-12(17)16-7-5-11(6-8-16)15-9-14(15,4)10-15;2*1-2/h11H,5-10H2,1-4H3;2*1-2H3. The second kappa shape index (κ2) is 6.80. The Labute approximate surface area is 137 Å². The van der Waals surface area contributed by atoms with E-state index in [1.54, 1.807) is 0 Å². The second-order valence-electron chi connectivity index (χ2n) is 7.81. The SMILES string of the molecule is CC.CC.CC(C)(C)OC(=O)N1CCC(C23CC2(C)C3)CC1. The first-order valence-electron chi connectivity index (χ1n) is 9.24. The number of carbonyl (C=O) groups is 1. The fourth-order valence-corrected chi connectivity index (χ4v) is 3.97. The lowest BCUT2D eigenvalue weighted by Gasteiger charge is -2.34. The number of rotatable bonds is 1. The van der Waals surface area contributed by atoms with Crippen molar-refractivity contribution in [3.63, 3.8) is 0 Å². The molecule has 0 atom stereocenters. The van der Waals surface area contributed by atoms with Crippen LogP contribution in [0.25, 0.3) is 0 Å². The predicted molar refractivity (Wildman–Crippen MR) is 93.0 cm³/mol. The topological polar surface area (TPSA) is 29.5 Å². The lowest BCUT2D eigenvalue weighted by Crippen LogP contribution is -2.42. The lowest BCUT2D eigenvalue weighted by molar-refractivity contribution is 0.0164. The molecule has 0 aromatic rings. The molecule has 0 aromatic carbocycles. The zero-order valence-electron chi connectivity index (χ0n) is 16.1. The third kappa shape index (κ3) is 3.78. The fraction of sp³-hybridized carbons (Fsp3) is 0.947. The Bertz CT molecular complexity index is 369. The van der Waals surface area contributed by atoms with E-state index in [4.69, 9.17) is 4.74 Å². The number of likely N-dealkylation sites (tertiary alicyclic amines) is 1. The molecule has 1 amide bonds. The third-order valence-corrected chi connectivity index (χ3v) is 5.29. The van der Waals surface area contributed by atoms with Crippen LogP contribution in [0.5, 0.6) is 0 Å². The number of carbonyl (C=O) groups excluding carboxylic acids is 1. The van der Waals surface area contributed by atoms with Crippen molar-refractivity contribution in [1.82, 2.24) is 4.90 Å². The maximum atomic E-state index is 12.0. The van der Waals surface area contributed by atoms with Gasteiger partial charge in [-0.25, -0.2) is 4.79 Å². The molecule has 1 heterocycles. The van der Waals surface area contributed by atoms with Gasteiger partial charge in [-0.3, -0.25) is 0 Å². The van der Waals surface area contributed by atoms with E-state index in [0.29, 0.717) is 10.8 Å². The Kier molecular flexibility index (Phi) is 5.97. The molecule has 3 nitrogen and oxygen atoms in total. The molecule has 0 aromatic heterocycles. The van der Waals surface area contributed by atoms with E-state index < -0.39 is 0 Å². The number of piperidine rings is 1. The fourth-order valence-electron chi connectivity index (χ4n) is 3.97. The van der Waals surface area contributed by atoms with E-state index in [1.807, 2.05) is 53.4 Å². The molecule has 0 spiro atoms. The summed E-state index contributed by atoms with van der Waals surface area (Å²) < 4.78 is 5.43. The minimum absolute atomic E-state index is 0.132. The first-order chi connectivity index (χ1) is 10.3. The van der Waals surface area contributed by atoms with Crippen LogP contribution in [0.15, 0.2) is 0 Å². The largest absolute Gasteiger partial charge is 0.444 e. The first-order valence-corrected chi connectivity index (χ1v) is 9.24. The van der Waals surface area contributed by atoms with Crippen molar-refractivity contribution in [2.45, 2.75) is 86.7 Å². The summed E-state index contributed by atoms with van der Waals surface area (Å²) in [6.45, 7) is 18.0. The Morgan fingerprint density at radius 3 is 1.77 bits per heavy atom. The van der Waals surface area contributed by atoms with Crippen LogP contribution in [-0.4, -0.2) is 29.7 Å². The second-order valence-corrected chi connectivity index (χ2v) is 7.81. The third-order valence-electron chi connectivity index (χ3n) is 5.29. The monoisotopic (exact) mass is 311 g/mol. The molecule has 0 unspecified atom stereocenters. The normalized spacial score (nSPS) is 32.6. The molecule has 0 bridgehead atoms. The molecular formula is C19H37NO2. The minimum atomic E-state index is -0.377. The van der Waals surface area contributed by atoms with Crippen LogP contribution in [0.3, 0.4) is 0 Å². The number of amides is 1. The van der Waals surface area contributed by atoms with Crippen molar-refractivity contribution in [1.29, 1.82) is 0 Å². The van der Waals surface area contributed by atoms with Gasteiger partial charge in [0.25, 0.3) is 0 Å². The van der Waals surface area contributed by atoms with Crippen molar-refractivity contribution in [3.05, 3.63) is 0 Å². The average molecular weight is 312 g/mol. The number of fused-ring (bicyclic) bond motifs is 1. The Balaban J connectivity index is 0.000000561. The van der Waals surface area contributed by atoms with Crippen LogP contribution in [-0.2, 0) is 4.74 Å². The highest BCUT2D eigenvalue weighted by atomic mass is 16.6. The van der Waals surface area contributed by atoms with E-state index >= 15 is 0 Å². The van der Waals surface area contributed by atoms with Gasteiger partial charge in [-0.15, -0.1) is 0 Å². The van der Waals surface area contributed by atoms with Crippen LogP contribution in [0.4, 0.5) is 4.79 Å². The van der Waals surface area contributed by atoms with Crippen molar-refractivity contribution < 1.29 is 9.53 Å². The molecule has 3 rings (SSSR count). The molecule has 1 saturated heterocycles. The molecular weight excluding hydrogens is 274 g/mol. The van der Waals surface area contributed by atoms with E-state index in [0.717, 1.165) is 19.0 Å². The molecule has 0 N–H and O–H groups in total. The highest BCUT2D eigenvalue weighted by Crippen LogP contribution is 2.89. The number of nitrogens with zero attached hydrogens (tertiary/aromatic N) is 1. The van der Waals surface area contributed by atoms with E-state index in [1.165, 1.54) is 25.7 Å². The number of ether oxygens (including phenoxy) is 1. The van der Waals surface area contributed by atoms with Gasteiger partial charge >= 0.3 is 6.09 Å². The summed E-state index contributed by atoms with van der Waals surface area (Å²) in [7, 11) is 0. The Morgan fingerprint density at radius 1 is 1.05 bits per heavy atom. The van der Waals surface area contributed by atoms with Crippen molar-refractivity contribution in [2.24, 2.45) is 16.7 Å². The maximum absolute atomic E-state index is 12.0. The van der Waals surface area contributed by atoms with E-state index in [2.05, 4.69) is 6.92 Å². The van der Waals surface area contributed by atoms with Gasteiger partial charge in [-0.05, 0) is 63.2 Å². The molecule has 2 saturated carbocycles. The zero-order valence-corrected chi connectivity index (χ0v) is 16.1. The Hall–Kier alpha value is -0.730. The van der Waals surface area contributed by atoms with Gasteiger partial charge < -0.3 is 9.64 Å². The van der Waals surface area contributed by atoms with Crippen molar-refractivity contribution in [3.8, 4) is 0 Å². The van der Waals surface area contributed by atoms with Gasteiger partial charge in [0.2, 0.25) is 0 Å². The first kappa shape index (κ1) is 19.3. The summed E-state index contributed by atoms with van der Waals surface area (Å²) in [5.74, 6) is 0.862. The van der Waals surface area contributed by atoms with Gasteiger partial charge in [0.1, 0.15) is 5.60 Å². The smallest absolute Gasteiger partial charge is 0.410 e.